The zero-order chi connectivity index (χ0) is 22.6. The van der Waals surface area contributed by atoms with Gasteiger partial charge in [-0.15, -0.1) is 0 Å². The van der Waals surface area contributed by atoms with Crippen LogP contribution < -0.4 is 0 Å². The molecular formula is C26H44O5. The normalized spacial score (nSPS) is 50.2. The predicted molar refractivity (Wildman–Crippen MR) is 119 cm³/mol. The second-order valence-electron chi connectivity index (χ2n) is 11.8. The molecule has 0 aromatic heterocycles. The van der Waals surface area contributed by atoms with Gasteiger partial charge in [0, 0.05) is 6.42 Å². The number of aliphatic hydroxyl groups excluding tert-OH is 3. The molecule has 0 aromatic rings. The van der Waals surface area contributed by atoms with E-state index in [-0.39, 0.29) is 41.0 Å². The minimum atomic E-state index is -0.370. The fourth-order valence-electron chi connectivity index (χ4n) is 8.91. The number of carbonyl (C=O) groups excluding carboxylic acids is 1. The number of ether oxygens (including phenoxy) is 1. The van der Waals surface area contributed by atoms with E-state index in [1.807, 2.05) is 6.92 Å². The van der Waals surface area contributed by atoms with E-state index in [0.717, 1.165) is 51.4 Å². The third-order valence-electron chi connectivity index (χ3n) is 10.6. The van der Waals surface area contributed by atoms with Crippen LogP contribution in [0, 0.1) is 46.3 Å². The second kappa shape index (κ2) is 8.61. The number of rotatable bonds is 5. The van der Waals surface area contributed by atoms with E-state index in [2.05, 4.69) is 20.8 Å². The maximum atomic E-state index is 11.9. The second-order valence-corrected chi connectivity index (χ2v) is 11.8. The number of carbonyl (C=O) groups is 1. The van der Waals surface area contributed by atoms with E-state index < -0.39 is 0 Å². The lowest BCUT2D eigenvalue weighted by Gasteiger charge is -2.63. The summed E-state index contributed by atoms with van der Waals surface area (Å²) >= 11 is 0. The van der Waals surface area contributed by atoms with Crippen LogP contribution in [0.3, 0.4) is 0 Å². The number of hydrogen-bond donors (Lipinski definition) is 3. The molecule has 0 radical (unpaired) electrons. The maximum absolute atomic E-state index is 11.9. The van der Waals surface area contributed by atoms with Crippen LogP contribution in [-0.2, 0) is 9.53 Å². The number of hydrogen-bond acceptors (Lipinski definition) is 5. The first-order valence-corrected chi connectivity index (χ1v) is 12.8. The average molecular weight is 437 g/mol. The molecule has 0 saturated heterocycles. The van der Waals surface area contributed by atoms with Gasteiger partial charge in [-0.2, -0.15) is 0 Å². The summed E-state index contributed by atoms with van der Waals surface area (Å²) < 4.78 is 5.12. The SMILES string of the molecule is CCOC(=O)CC[C@@H](C)[C@@H]1CC[C@@H]2[C@H]3[C@H](O)C[C@H]4C[C@@H](O)CC[C@]4(C)[C@@H]3C[C@@H](O)[C@@]21C. The van der Waals surface area contributed by atoms with Crippen LogP contribution >= 0.6 is 0 Å². The standard InChI is InChI=1S/C26H44O5/c1-5-31-23(30)9-6-15(2)18-7-8-19-24-20(14-22(29)26(18,19)4)25(3)11-10-17(27)12-16(25)13-21(24)28/h15-22,24,27-29H,5-14H2,1-4H3/t15-,16-,17+,18+,19-,20-,21-,22-,24-,25+,26-/m1/s1. The molecule has 0 spiro atoms. The molecule has 4 aliphatic carbocycles. The van der Waals surface area contributed by atoms with Gasteiger partial charge < -0.3 is 20.1 Å². The highest BCUT2D eigenvalue weighted by atomic mass is 16.5. The van der Waals surface area contributed by atoms with Gasteiger partial charge in [-0.1, -0.05) is 20.8 Å². The molecule has 3 N–H and O–H groups in total. The van der Waals surface area contributed by atoms with Gasteiger partial charge in [0.2, 0.25) is 0 Å². The largest absolute Gasteiger partial charge is 0.466 e. The van der Waals surface area contributed by atoms with Gasteiger partial charge in [0.25, 0.3) is 0 Å². The molecular weight excluding hydrogens is 392 g/mol. The Morgan fingerprint density at radius 2 is 1.81 bits per heavy atom. The molecule has 178 valence electrons. The highest BCUT2D eigenvalue weighted by Gasteiger charge is 2.65. The van der Waals surface area contributed by atoms with Crippen LogP contribution in [0.2, 0.25) is 0 Å². The first kappa shape index (κ1) is 23.5. The lowest BCUT2D eigenvalue weighted by atomic mass is 9.43. The quantitative estimate of drug-likeness (QED) is 0.569. The molecule has 0 amide bonds. The highest BCUT2D eigenvalue weighted by molar-refractivity contribution is 5.69. The monoisotopic (exact) mass is 436 g/mol. The van der Waals surface area contributed by atoms with E-state index in [1.54, 1.807) is 0 Å². The predicted octanol–water partition coefficient (Wildman–Crippen LogP) is 3.93. The lowest BCUT2D eigenvalue weighted by molar-refractivity contribution is -0.207. The third kappa shape index (κ3) is 3.77. The maximum Gasteiger partial charge on any atom is 0.305 e. The van der Waals surface area contributed by atoms with Crippen molar-refractivity contribution in [3.63, 3.8) is 0 Å². The third-order valence-corrected chi connectivity index (χ3v) is 10.6. The molecule has 4 saturated carbocycles. The van der Waals surface area contributed by atoms with Crippen LogP contribution in [0.1, 0.15) is 85.5 Å². The van der Waals surface area contributed by atoms with Crippen molar-refractivity contribution in [1.29, 1.82) is 0 Å². The summed E-state index contributed by atoms with van der Waals surface area (Å²) in [6.45, 7) is 9.13. The molecule has 5 nitrogen and oxygen atoms in total. The van der Waals surface area contributed by atoms with Crippen molar-refractivity contribution in [2.24, 2.45) is 46.3 Å². The molecule has 0 bridgehead atoms. The Balaban J connectivity index is 1.54. The van der Waals surface area contributed by atoms with Crippen molar-refractivity contribution in [3.05, 3.63) is 0 Å². The summed E-state index contributed by atoms with van der Waals surface area (Å²) in [4.78, 5) is 11.9. The van der Waals surface area contributed by atoms with Crippen LogP contribution in [0.25, 0.3) is 0 Å². The summed E-state index contributed by atoms with van der Waals surface area (Å²) in [5.74, 6) is 1.84. The van der Waals surface area contributed by atoms with Crippen molar-refractivity contribution in [3.8, 4) is 0 Å². The minimum absolute atomic E-state index is 0.110. The summed E-state index contributed by atoms with van der Waals surface area (Å²) in [5.41, 5.74) is -0.0906. The van der Waals surface area contributed by atoms with Crippen molar-refractivity contribution in [2.75, 3.05) is 6.61 Å². The fourth-order valence-corrected chi connectivity index (χ4v) is 8.91. The number of esters is 1. The Labute approximate surface area is 187 Å². The molecule has 0 aromatic carbocycles. The van der Waals surface area contributed by atoms with E-state index >= 15 is 0 Å². The zero-order valence-electron chi connectivity index (χ0n) is 19.9. The van der Waals surface area contributed by atoms with E-state index in [4.69, 9.17) is 4.74 Å². The summed E-state index contributed by atoms with van der Waals surface area (Å²) in [6.07, 6.45) is 6.62. The van der Waals surface area contributed by atoms with E-state index in [0.29, 0.717) is 42.6 Å². The average Bonchev–Trinajstić information content (AvgIpc) is 3.07. The Bertz CT molecular complexity index is 666. The van der Waals surface area contributed by atoms with Gasteiger partial charge >= 0.3 is 5.97 Å². The first-order chi connectivity index (χ1) is 14.6. The topological polar surface area (TPSA) is 87.0 Å². The van der Waals surface area contributed by atoms with E-state index in [1.165, 1.54) is 0 Å². The number of aliphatic hydroxyl groups is 3. The van der Waals surface area contributed by atoms with E-state index in [9.17, 15) is 20.1 Å². The summed E-state index contributed by atoms with van der Waals surface area (Å²) in [5, 5.41) is 33.1. The van der Waals surface area contributed by atoms with Crippen molar-refractivity contribution >= 4 is 5.97 Å². The minimum Gasteiger partial charge on any atom is -0.466 e. The smallest absolute Gasteiger partial charge is 0.305 e. The van der Waals surface area contributed by atoms with Gasteiger partial charge in [0.15, 0.2) is 0 Å². The molecule has 4 rings (SSSR count). The molecule has 5 heteroatoms. The lowest BCUT2D eigenvalue weighted by Crippen LogP contribution is -2.62. The van der Waals surface area contributed by atoms with Crippen molar-refractivity contribution in [2.45, 2.75) is 104 Å². The Morgan fingerprint density at radius 1 is 1.06 bits per heavy atom. The fraction of sp³-hybridized carbons (Fsp3) is 0.962. The van der Waals surface area contributed by atoms with Gasteiger partial charge in [0.05, 0.1) is 24.9 Å². The van der Waals surface area contributed by atoms with Gasteiger partial charge in [-0.05, 0) is 105 Å². The molecule has 4 fully saturated rings. The Hall–Kier alpha value is -0.650. The van der Waals surface area contributed by atoms with Crippen molar-refractivity contribution in [1.82, 2.24) is 0 Å². The van der Waals surface area contributed by atoms with Crippen LogP contribution in [0.15, 0.2) is 0 Å². The molecule has 31 heavy (non-hydrogen) atoms. The highest BCUT2D eigenvalue weighted by Crippen LogP contribution is 2.68. The van der Waals surface area contributed by atoms with Crippen LogP contribution in [0.4, 0.5) is 0 Å². The zero-order valence-corrected chi connectivity index (χ0v) is 19.9. The van der Waals surface area contributed by atoms with Gasteiger partial charge in [0.1, 0.15) is 0 Å². The summed E-state index contributed by atoms with van der Waals surface area (Å²) in [7, 11) is 0. The Morgan fingerprint density at radius 3 is 2.52 bits per heavy atom. The van der Waals surface area contributed by atoms with Gasteiger partial charge in [-0.3, -0.25) is 4.79 Å². The molecule has 0 unspecified atom stereocenters. The molecule has 4 aliphatic rings. The Kier molecular flexibility index (Phi) is 6.53. The number of fused-ring (bicyclic) bond motifs is 5. The van der Waals surface area contributed by atoms with Crippen molar-refractivity contribution < 1.29 is 24.9 Å². The molecule has 0 aliphatic heterocycles. The van der Waals surface area contributed by atoms with Crippen LogP contribution in [-0.4, -0.2) is 46.2 Å². The first-order valence-electron chi connectivity index (χ1n) is 12.8. The molecule has 11 atom stereocenters. The van der Waals surface area contributed by atoms with Gasteiger partial charge in [-0.25, -0.2) is 0 Å². The van der Waals surface area contributed by atoms with Crippen LogP contribution in [0.5, 0.6) is 0 Å². The summed E-state index contributed by atoms with van der Waals surface area (Å²) in [6, 6.07) is 0. The molecule has 0 heterocycles.